The minimum atomic E-state index is -1.17. The summed E-state index contributed by atoms with van der Waals surface area (Å²) in [6.45, 7) is 0.844. The third kappa shape index (κ3) is 3.78. The van der Waals surface area contributed by atoms with Crippen molar-refractivity contribution in [3.8, 4) is 5.75 Å². The van der Waals surface area contributed by atoms with Crippen molar-refractivity contribution in [2.75, 3.05) is 26.2 Å². The summed E-state index contributed by atoms with van der Waals surface area (Å²) >= 11 is 1.16. The van der Waals surface area contributed by atoms with E-state index in [4.69, 9.17) is 9.47 Å². The van der Waals surface area contributed by atoms with Crippen LogP contribution >= 0.6 is 11.3 Å². The highest BCUT2D eigenvalue weighted by molar-refractivity contribution is 7.16. The maximum atomic E-state index is 13.1. The number of aromatic carboxylic acids is 1. The van der Waals surface area contributed by atoms with Crippen LogP contribution in [0.3, 0.4) is 0 Å². The molecule has 2 aromatic heterocycles. The smallest absolute Gasteiger partial charge is 0.340 e. The van der Waals surface area contributed by atoms with Gasteiger partial charge in [0, 0.05) is 36.1 Å². The predicted molar refractivity (Wildman–Crippen MR) is 123 cm³/mol. The Morgan fingerprint density at radius 1 is 1.20 bits per heavy atom. The number of nitrogens with zero attached hydrogens (tertiary/aromatic N) is 2. The van der Waals surface area contributed by atoms with E-state index < -0.39 is 23.1 Å². The minimum Gasteiger partial charge on any atom is -0.497 e. The molecule has 3 aromatic rings. The number of rotatable bonds is 7. The lowest BCUT2D eigenvalue weighted by Gasteiger charge is -2.28. The maximum absolute atomic E-state index is 13.1. The topological polar surface area (TPSA) is 156 Å². The van der Waals surface area contributed by atoms with Gasteiger partial charge >= 0.3 is 23.1 Å². The number of carboxylic acids is 1. The summed E-state index contributed by atoms with van der Waals surface area (Å²) < 4.78 is 10.9. The molecule has 0 bridgehead atoms. The van der Waals surface area contributed by atoms with Crippen LogP contribution in [0.25, 0.3) is 0 Å². The molecular formula is C22H20N4O8S. The first kappa shape index (κ1) is 22.8. The Morgan fingerprint density at radius 3 is 2.57 bits per heavy atom. The van der Waals surface area contributed by atoms with E-state index in [1.165, 1.54) is 20.3 Å². The van der Waals surface area contributed by atoms with E-state index >= 15 is 0 Å². The molecule has 0 saturated carbocycles. The van der Waals surface area contributed by atoms with Crippen molar-refractivity contribution in [1.82, 2.24) is 14.9 Å². The zero-order chi connectivity index (χ0) is 25.0. The summed E-state index contributed by atoms with van der Waals surface area (Å²) in [5.74, 6) is -1.64. The fourth-order valence-electron chi connectivity index (χ4n) is 4.46. The first-order valence-electron chi connectivity index (χ1n) is 10.6. The lowest BCUT2D eigenvalue weighted by Crippen LogP contribution is -2.44. The van der Waals surface area contributed by atoms with Gasteiger partial charge < -0.3 is 24.8 Å². The highest BCUT2D eigenvalue weighted by Gasteiger charge is 2.36. The number of carbonyl (C=O) groups excluding carboxylic acids is 2. The number of methoxy groups -OCH3 is 2. The predicted octanol–water partition coefficient (Wildman–Crippen LogP) is 0.185. The zero-order valence-electron chi connectivity index (χ0n) is 18.7. The highest BCUT2D eigenvalue weighted by atomic mass is 32.1. The maximum Gasteiger partial charge on any atom is 0.340 e. The molecule has 0 spiro atoms. The van der Waals surface area contributed by atoms with Crippen LogP contribution in [0.5, 0.6) is 5.75 Å². The highest BCUT2D eigenvalue weighted by Crippen LogP contribution is 2.37. The van der Waals surface area contributed by atoms with Gasteiger partial charge in [0.25, 0.3) is 5.91 Å². The lowest BCUT2D eigenvalue weighted by atomic mass is 9.97. The number of nitrogens with one attached hydrogen (secondary N) is 2. The molecule has 1 amide bonds. The average molecular weight is 500 g/mol. The molecule has 4 heterocycles. The van der Waals surface area contributed by atoms with E-state index in [0.29, 0.717) is 35.4 Å². The van der Waals surface area contributed by atoms with Gasteiger partial charge in [-0.2, -0.15) is 4.68 Å². The molecule has 5 rings (SSSR count). The summed E-state index contributed by atoms with van der Waals surface area (Å²) in [6.07, 6.45) is 0.324. The zero-order valence-corrected chi connectivity index (χ0v) is 19.5. The summed E-state index contributed by atoms with van der Waals surface area (Å²) in [4.78, 5) is 62.4. The molecule has 0 radical (unpaired) electrons. The van der Waals surface area contributed by atoms with Crippen molar-refractivity contribution in [3.63, 3.8) is 0 Å². The van der Waals surface area contributed by atoms with Crippen LogP contribution in [0.2, 0.25) is 0 Å². The Bertz CT molecular complexity index is 1440. The SMILES string of the molecule is COC(=O)c1cc(OC)cc2c1CN(CC1Cc3c(sc(Nn4c(=O)c4=O)c3C(=O)O)CN1)C2=O. The number of hydrogen-bond donors (Lipinski definition) is 3. The van der Waals surface area contributed by atoms with Gasteiger partial charge in [-0.25, -0.2) is 9.59 Å². The number of amides is 1. The summed E-state index contributed by atoms with van der Waals surface area (Å²) in [6, 6.07) is 2.87. The number of fused-ring (bicyclic) bond motifs is 2. The van der Waals surface area contributed by atoms with E-state index in [1.807, 2.05) is 0 Å². The summed E-state index contributed by atoms with van der Waals surface area (Å²) in [5.41, 5.74) is 2.93. The van der Waals surface area contributed by atoms with E-state index in [2.05, 4.69) is 10.7 Å². The van der Waals surface area contributed by atoms with Crippen molar-refractivity contribution in [1.29, 1.82) is 0 Å². The number of esters is 1. The fraction of sp³-hybridized carbons (Fsp3) is 0.318. The van der Waals surface area contributed by atoms with Gasteiger partial charge in [-0.15, -0.1) is 11.3 Å². The van der Waals surface area contributed by atoms with Crippen LogP contribution in [-0.4, -0.2) is 59.3 Å². The largest absolute Gasteiger partial charge is 0.497 e. The van der Waals surface area contributed by atoms with Crippen molar-refractivity contribution in [2.24, 2.45) is 0 Å². The van der Waals surface area contributed by atoms with Gasteiger partial charge in [0.2, 0.25) is 0 Å². The van der Waals surface area contributed by atoms with Crippen molar-refractivity contribution in [2.45, 2.75) is 25.6 Å². The number of aromatic nitrogens is 1. The van der Waals surface area contributed by atoms with Gasteiger partial charge in [-0.3, -0.25) is 19.8 Å². The second kappa shape index (κ2) is 8.36. The molecule has 2 aliphatic rings. The molecule has 1 unspecified atom stereocenters. The van der Waals surface area contributed by atoms with Gasteiger partial charge in [-0.05, 0) is 29.7 Å². The Morgan fingerprint density at radius 2 is 1.94 bits per heavy atom. The van der Waals surface area contributed by atoms with Crippen molar-refractivity contribution < 1.29 is 29.0 Å². The van der Waals surface area contributed by atoms with Gasteiger partial charge in [-0.1, -0.05) is 0 Å². The molecule has 0 aliphatic carbocycles. The van der Waals surface area contributed by atoms with Crippen LogP contribution < -0.4 is 26.6 Å². The summed E-state index contributed by atoms with van der Waals surface area (Å²) in [5, 5.41) is 13.3. The molecule has 13 heteroatoms. The van der Waals surface area contributed by atoms with Crippen molar-refractivity contribution in [3.05, 3.63) is 65.5 Å². The van der Waals surface area contributed by atoms with Crippen LogP contribution in [0.15, 0.2) is 21.7 Å². The molecule has 1 atom stereocenters. The Balaban J connectivity index is 1.38. The van der Waals surface area contributed by atoms with Crippen LogP contribution in [-0.2, 0) is 24.2 Å². The van der Waals surface area contributed by atoms with Crippen LogP contribution in [0.1, 0.15) is 47.1 Å². The lowest BCUT2D eigenvalue weighted by molar-refractivity contribution is 0.0596. The molecular weight excluding hydrogens is 480 g/mol. The fourth-order valence-corrected chi connectivity index (χ4v) is 5.62. The van der Waals surface area contributed by atoms with E-state index in [1.54, 1.807) is 11.0 Å². The second-order valence-electron chi connectivity index (χ2n) is 8.23. The number of benzene rings is 1. The normalized spacial score (nSPS) is 16.8. The molecule has 3 N–H and O–H groups in total. The molecule has 1 aromatic carbocycles. The number of ether oxygens (including phenoxy) is 2. The van der Waals surface area contributed by atoms with E-state index in [-0.39, 0.29) is 41.2 Å². The second-order valence-corrected chi connectivity index (χ2v) is 9.34. The molecule has 0 fully saturated rings. The number of anilines is 1. The number of hydrogen-bond acceptors (Lipinski definition) is 10. The first-order valence-corrected chi connectivity index (χ1v) is 11.4. The third-order valence-electron chi connectivity index (χ3n) is 6.23. The average Bonchev–Trinajstić information content (AvgIpc) is 3.14. The van der Waals surface area contributed by atoms with Gasteiger partial charge in [0.05, 0.1) is 25.3 Å². The number of carbonyl (C=O) groups is 3. The Hall–Kier alpha value is -3.97. The van der Waals surface area contributed by atoms with Gasteiger partial charge in [0.1, 0.15) is 10.8 Å². The Kier molecular flexibility index (Phi) is 5.44. The number of carboxylic acid groups (broad SMARTS) is 1. The number of thiophene rings is 1. The first-order chi connectivity index (χ1) is 16.7. The molecule has 12 nitrogen and oxygen atoms in total. The van der Waals surface area contributed by atoms with Crippen LogP contribution in [0, 0.1) is 0 Å². The molecule has 182 valence electrons. The summed E-state index contributed by atoms with van der Waals surface area (Å²) in [7, 11) is 2.71. The molecule has 35 heavy (non-hydrogen) atoms. The van der Waals surface area contributed by atoms with E-state index in [9.17, 15) is 29.1 Å². The standard InChI is InChI=1S/C22H20N4O8S/c1-33-10-4-11-14(12(5-10)22(32)34-2)8-25(18(11)27)7-9-3-13-15(6-23-9)35-17(16(13)21(30)31)24-26-19(28)20(26)29/h4-5,9,23-24H,3,6-8H2,1-2H3,(H,30,31). The van der Waals surface area contributed by atoms with E-state index in [0.717, 1.165) is 20.9 Å². The molecule has 0 saturated heterocycles. The quantitative estimate of drug-likeness (QED) is 0.302. The van der Waals surface area contributed by atoms with Gasteiger partial charge in [0.15, 0.2) is 0 Å². The van der Waals surface area contributed by atoms with Crippen LogP contribution in [0.4, 0.5) is 5.00 Å². The third-order valence-corrected chi connectivity index (χ3v) is 7.37. The minimum absolute atomic E-state index is 0.0118. The monoisotopic (exact) mass is 500 g/mol. The molecule has 2 aliphatic heterocycles. The Labute approximate surface area is 201 Å². The van der Waals surface area contributed by atoms with Crippen molar-refractivity contribution >= 4 is 34.2 Å².